The zero-order valence-electron chi connectivity index (χ0n) is 12.8. The lowest BCUT2D eigenvalue weighted by Crippen LogP contribution is -2.30. The van der Waals surface area contributed by atoms with Gasteiger partial charge in [0.15, 0.2) is 0 Å². The van der Waals surface area contributed by atoms with Gasteiger partial charge in [-0.05, 0) is 36.8 Å². The number of halogens is 3. The van der Waals surface area contributed by atoms with Crippen molar-refractivity contribution in [3.63, 3.8) is 0 Å². The van der Waals surface area contributed by atoms with Crippen LogP contribution in [0.4, 0.5) is 13.2 Å². The second-order valence-corrected chi connectivity index (χ2v) is 5.50. The van der Waals surface area contributed by atoms with E-state index in [1.54, 1.807) is 12.1 Å². The molecule has 0 saturated carbocycles. The second-order valence-electron chi connectivity index (χ2n) is 5.50. The first-order valence-corrected chi connectivity index (χ1v) is 7.03. The number of rotatable bonds is 5. The van der Waals surface area contributed by atoms with Gasteiger partial charge in [-0.2, -0.15) is 13.2 Å². The van der Waals surface area contributed by atoms with Gasteiger partial charge >= 0.3 is 6.18 Å². The number of para-hydroxylation sites is 1. The smallest absolute Gasteiger partial charge is 0.416 e. The second kappa shape index (κ2) is 6.52. The van der Waals surface area contributed by atoms with Crippen molar-refractivity contribution in [2.75, 3.05) is 6.61 Å². The van der Waals surface area contributed by atoms with Gasteiger partial charge < -0.3 is 15.6 Å². The van der Waals surface area contributed by atoms with E-state index >= 15 is 0 Å². The molecule has 7 heteroatoms. The fourth-order valence-electron chi connectivity index (χ4n) is 2.13. The van der Waals surface area contributed by atoms with Gasteiger partial charge in [-0.1, -0.05) is 24.3 Å². The van der Waals surface area contributed by atoms with Crippen LogP contribution in [0.1, 0.15) is 28.4 Å². The molecule has 2 aromatic rings. The monoisotopic (exact) mass is 339 g/mol. The molecule has 0 heterocycles. The highest BCUT2D eigenvalue weighted by Crippen LogP contribution is 2.32. The standard InChI is InChI=1S/C17H16F3NO3/c1-16(23,11-5-4-6-12(9-11)17(18,19)20)10-24-14-8-3-2-7-13(14)15(21)22/h2-9,23H,10H2,1H3,(H2,21,22). The van der Waals surface area contributed by atoms with Crippen molar-refractivity contribution in [3.8, 4) is 5.75 Å². The molecule has 1 atom stereocenters. The molecular weight excluding hydrogens is 323 g/mol. The maximum Gasteiger partial charge on any atom is 0.416 e. The van der Waals surface area contributed by atoms with E-state index in [0.29, 0.717) is 0 Å². The van der Waals surface area contributed by atoms with Crippen molar-refractivity contribution in [1.29, 1.82) is 0 Å². The molecule has 0 aliphatic carbocycles. The Morgan fingerprint density at radius 3 is 2.38 bits per heavy atom. The molecule has 0 bridgehead atoms. The fourth-order valence-corrected chi connectivity index (χ4v) is 2.13. The van der Waals surface area contributed by atoms with Crippen LogP contribution in [0, 0.1) is 0 Å². The normalized spacial score (nSPS) is 14.0. The number of benzene rings is 2. The topological polar surface area (TPSA) is 72.6 Å². The highest BCUT2D eigenvalue weighted by Gasteiger charge is 2.33. The average molecular weight is 339 g/mol. The van der Waals surface area contributed by atoms with Gasteiger partial charge in [0.1, 0.15) is 18.0 Å². The van der Waals surface area contributed by atoms with Crippen LogP contribution >= 0.6 is 0 Å². The summed E-state index contributed by atoms with van der Waals surface area (Å²) in [4.78, 5) is 11.3. The first-order chi connectivity index (χ1) is 11.1. The van der Waals surface area contributed by atoms with Crippen LogP contribution in [-0.2, 0) is 11.8 Å². The lowest BCUT2D eigenvalue weighted by Gasteiger charge is -2.25. The molecule has 0 aliphatic heterocycles. The van der Waals surface area contributed by atoms with E-state index in [1.165, 1.54) is 31.2 Å². The summed E-state index contributed by atoms with van der Waals surface area (Å²) >= 11 is 0. The minimum absolute atomic E-state index is 0.0499. The number of hydrogen-bond donors (Lipinski definition) is 2. The Kier molecular flexibility index (Phi) is 4.84. The predicted molar refractivity (Wildman–Crippen MR) is 81.5 cm³/mol. The lowest BCUT2D eigenvalue weighted by molar-refractivity contribution is -0.137. The number of primary amides is 1. The van der Waals surface area contributed by atoms with Crippen LogP contribution in [0.3, 0.4) is 0 Å². The summed E-state index contributed by atoms with van der Waals surface area (Å²) in [5.41, 5.74) is 2.85. The molecule has 1 amide bonds. The number of carbonyl (C=O) groups is 1. The molecule has 1 unspecified atom stereocenters. The summed E-state index contributed by atoms with van der Waals surface area (Å²) in [6, 6.07) is 10.5. The molecule has 0 saturated heterocycles. The number of aliphatic hydroxyl groups is 1. The van der Waals surface area contributed by atoms with Crippen LogP contribution in [0.25, 0.3) is 0 Å². The average Bonchev–Trinajstić information content (AvgIpc) is 2.52. The van der Waals surface area contributed by atoms with Crippen LogP contribution in [0.2, 0.25) is 0 Å². The van der Waals surface area contributed by atoms with Crippen molar-refractivity contribution in [3.05, 3.63) is 65.2 Å². The van der Waals surface area contributed by atoms with Crippen molar-refractivity contribution in [1.82, 2.24) is 0 Å². The summed E-state index contributed by atoms with van der Waals surface area (Å²) in [5, 5.41) is 10.5. The number of carbonyl (C=O) groups excluding carboxylic acids is 1. The van der Waals surface area contributed by atoms with E-state index in [9.17, 15) is 23.1 Å². The van der Waals surface area contributed by atoms with Gasteiger partial charge in [-0.15, -0.1) is 0 Å². The van der Waals surface area contributed by atoms with Gasteiger partial charge in [-0.25, -0.2) is 0 Å². The molecule has 2 rings (SSSR count). The van der Waals surface area contributed by atoms with E-state index in [4.69, 9.17) is 10.5 Å². The maximum absolute atomic E-state index is 12.8. The highest BCUT2D eigenvalue weighted by atomic mass is 19.4. The van der Waals surface area contributed by atoms with Gasteiger partial charge in [0.05, 0.1) is 11.1 Å². The molecule has 24 heavy (non-hydrogen) atoms. The lowest BCUT2D eigenvalue weighted by atomic mass is 9.95. The molecule has 2 aromatic carbocycles. The van der Waals surface area contributed by atoms with Crippen molar-refractivity contribution in [2.24, 2.45) is 5.73 Å². The molecule has 0 spiro atoms. The van der Waals surface area contributed by atoms with Crippen LogP contribution in [-0.4, -0.2) is 17.6 Å². The van der Waals surface area contributed by atoms with Gasteiger partial charge in [0, 0.05) is 0 Å². The predicted octanol–water partition coefficient (Wildman–Crippen LogP) is 3.09. The molecule has 3 N–H and O–H groups in total. The molecule has 4 nitrogen and oxygen atoms in total. The van der Waals surface area contributed by atoms with Crippen LogP contribution in [0.15, 0.2) is 48.5 Å². The number of ether oxygens (including phenoxy) is 1. The van der Waals surface area contributed by atoms with Gasteiger partial charge in [-0.3, -0.25) is 4.79 Å². The summed E-state index contributed by atoms with van der Waals surface area (Å²) in [7, 11) is 0. The SMILES string of the molecule is CC(O)(COc1ccccc1C(N)=O)c1cccc(C(F)(F)F)c1. The summed E-state index contributed by atoms with van der Waals surface area (Å²) < 4.78 is 43.8. The fraction of sp³-hybridized carbons (Fsp3) is 0.235. The van der Waals surface area contributed by atoms with Crippen molar-refractivity contribution < 1.29 is 27.8 Å². The minimum atomic E-state index is -4.51. The summed E-state index contributed by atoms with van der Waals surface area (Å²) in [6.07, 6.45) is -4.51. The Morgan fingerprint density at radius 1 is 1.12 bits per heavy atom. The maximum atomic E-state index is 12.8. The number of amides is 1. The zero-order chi connectivity index (χ0) is 18.0. The van der Waals surface area contributed by atoms with Gasteiger partial charge in [0.25, 0.3) is 5.91 Å². The third-order valence-electron chi connectivity index (χ3n) is 3.47. The molecule has 128 valence electrons. The summed E-state index contributed by atoms with van der Waals surface area (Å²) in [5.74, 6) is -0.554. The molecule has 0 aliphatic rings. The van der Waals surface area contributed by atoms with Crippen LogP contribution in [0.5, 0.6) is 5.75 Å². The Labute approximate surface area is 136 Å². The Bertz CT molecular complexity index is 742. The molecule has 0 fully saturated rings. The zero-order valence-corrected chi connectivity index (χ0v) is 12.8. The first kappa shape index (κ1) is 17.8. The van der Waals surface area contributed by atoms with Gasteiger partial charge in [0.2, 0.25) is 0 Å². The van der Waals surface area contributed by atoms with E-state index in [-0.39, 0.29) is 23.5 Å². The molecule has 0 aromatic heterocycles. The Hall–Kier alpha value is -2.54. The largest absolute Gasteiger partial charge is 0.489 e. The molecular formula is C17H16F3NO3. The van der Waals surface area contributed by atoms with E-state index in [0.717, 1.165) is 12.1 Å². The molecule has 0 radical (unpaired) electrons. The first-order valence-electron chi connectivity index (χ1n) is 7.03. The highest BCUT2D eigenvalue weighted by molar-refractivity contribution is 5.95. The minimum Gasteiger partial charge on any atom is -0.489 e. The number of nitrogens with two attached hydrogens (primary N) is 1. The Balaban J connectivity index is 2.22. The van der Waals surface area contributed by atoms with Crippen LogP contribution < -0.4 is 10.5 Å². The quantitative estimate of drug-likeness (QED) is 0.879. The third kappa shape index (κ3) is 4.05. The van der Waals surface area contributed by atoms with E-state index in [1.807, 2.05) is 0 Å². The summed E-state index contributed by atoms with van der Waals surface area (Å²) in [6.45, 7) is 0.980. The Morgan fingerprint density at radius 2 is 1.75 bits per heavy atom. The number of hydrogen-bond acceptors (Lipinski definition) is 3. The van der Waals surface area contributed by atoms with Crippen molar-refractivity contribution in [2.45, 2.75) is 18.7 Å². The van der Waals surface area contributed by atoms with E-state index < -0.39 is 23.2 Å². The van der Waals surface area contributed by atoms with Crippen molar-refractivity contribution >= 4 is 5.91 Å². The number of alkyl halides is 3. The van der Waals surface area contributed by atoms with E-state index in [2.05, 4.69) is 0 Å². The third-order valence-corrected chi connectivity index (χ3v) is 3.47.